The van der Waals surface area contributed by atoms with Crippen molar-refractivity contribution in [2.24, 2.45) is 0 Å². The number of hydrogen-bond acceptors (Lipinski definition) is 3. The van der Waals surface area contributed by atoms with Gasteiger partial charge in [0.1, 0.15) is 11.0 Å². The average molecular weight is 303 g/mol. The summed E-state index contributed by atoms with van der Waals surface area (Å²) in [5.41, 5.74) is 0.293. The van der Waals surface area contributed by atoms with Gasteiger partial charge in [-0.2, -0.15) is 0 Å². The summed E-state index contributed by atoms with van der Waals surface area (Å²) in [5.74, 6) is 0.00589. The van der Waals surface area contributed by atoms with E-state index in [0.29, 0.717) is 16.4 Å². The lowest BCUT2D eigenvalue weighted by Gasteiger charge is -2.04. The molecule has 0 fully saturated rings. The van der Waals surface area contributed by atoms with Crippen LogP contribution in [-0.2, 0) is 0 Å². The van der Waals surface area contributed by atoms with Gasteiger partial charge in [-0.1, -0.05) is 34.8 Å². The average Bonchev–Trinajstić information content (AvgIpc) is 2.35. The predicted octanol–water partition coefficient (Wildman–Crippen LogP) is 3.69. The molecule has 0 unspecified atom stereocenters. The Balaban J connectivity index is 2.16. The molecule has 1 N–H and O–H groups in total. The van der Waals surface area contributed by atoms with Gasteiger partial charge in [0.25, 0.3) is 5.91 Å². The van der Waals surface area contributed by atoms with E-state index in [-0.39, 0.29) is 16.1 Å². The number of hydrogen-bond donors (Lipinski definition) is 1. The number of carbonyl (C=O) groups excluding carboxylic acids is 1. The molecule has 0 aliphatic heterocycles. The van der Waals surface area contributed by atoms with Crippen molar-refractivity contribution in [2.75, 3.05) is 5.32 Å². The van der Waals surface area contributed by atoms with E-state index in [0.717, 1.165) is 0 Å². The summed E-state index contributed by atoms with van der Waals surface area (Å²) in [5, 5.41) is 3.44. The van der Waals surface area contributed by atoms with E-state index >= 15 is 0 Å². The summed E-state index contributed by atoms with van der Waals surface area (Å²) in [7, 11) is 0. The van der Waals surface area contributed by atoms with Crippen LogP contribution in [0.2, 0.25) is 15.2 Å². The molecule has 0 aliphatic rings. The molecule has 4 nitrogen and oxygen atoms in total. The van der Waals surface area contributed by atoms with Crippen LogP contribution < -0.4 is 5.32 Å². The summed E-state index contributed by atoms with van der Waals surface area (Å²) in [6, 6.07) is 4.64. The Morgan fingerprint density at radius 1 is 1.11 bits per heavy atom. The molecule has 18 heavy (non-hydrogen) atoms. The van der Waals surface area contributed by atoms with E-state index < -0.39 is 0 Å². The number of anilines is 1. The molecule has 0 aromatic carbocycles. The topological polar surface area (TPSA) is 54.9 Å². The number of aromatic nitrogens is 2. The Kier molecular flexibility index (Phi) is 4.01. The van der Waals surface area contributed by atoms with E-state index in [1.807, 2.05) is 0 Å². The fourth-order valence-electron chi connectivity index (χ4n) is 1.18. The van der Waals surface area contributed by atoms with Crippen molar-refractivity contribution in [3.8, 4) is 0 Å². The minimum atomic E-state index is -0.379. The molecule has 0 saturated carbocycles. The molecule has 0 spiro atoms. The van der Waals surface area contributed by atoms with Gasteiger partial charge in [0, 0.05) is 12.4 Å². The van der Waals surface area contributed by atoms with Gasteiger partial charge in [-0.25, -0.2) is 9.97 Å². The van der Waals surface area contributed by atoms with Gasteiger partial charge >= 0.3 is 0 Å². The van der Waals surface area contributed by atoms with E-state index in [9.17, 15) is 4.79 Å². The molecule has 1 amide bonds. The Morgan fingerprint density at radius 3 is 2.50 bits per heavy atom. The van der Waals surface area contributed by atoms with Crippen LogP contribution in [0.25, 0.3) is 0 Å². The maximum absolute atomic E-state index is 11.8. The zero-order chi connectivity index (χ0) is 13.1. The first kappa shape index (κ1) is 13.1. The first-order valence-corrected chi connectivity index (χ1v) is 5.93. The van der Waals surface area contributed by atoms with Crippen LogP contribution in [0.1, 0.15) is 10.4 Å². The van der Waals surface area contributed by atoms with Gasteiger partial charge in [-0.15, -0.1) is 0 Å². The number of nitrogens with one attached hydrogen (secondary N) is 1. The zero-order valence-electron chi connectivity index (χ0n) is 8.82. The predicted molar refractivity (Wildman–Crippen MR) is 71.5 cm³/mol. The quantitative estimate of drug-likeness (QED) is 0.861. The van der Waals surface area contributed by atoms with Crippen LogP contribution in [0.5, 0.6) is 0 Å². The van der Waals surface area contributed by atoms with Crippen molar-refractivity contribution in [3.05, 3.63) is 51.4 Å². The van der Waals surface area contributed by atoms with Crippen LogP contribution in [0, 0.1) is 0 Å². The van der Waals surface area contributed by atoms with E-state index in [4.69, 9.17) is 34.8 Å². The van der Waals surface area contributed by atoms with Crippen LogP contribution in [0.4, 0.5) is 5.82 Å². The van der Waals surface area contributed by atoms with Gasteiger partial charge < -0.3 is 5.32 Å². The van der Waals surface area contributed by atoms with E-state index in [2.05, 4.69) is 15.3 Å². The standard InChI is InChI=1S/C11H6Cl3N3O/c12-7-1-2-9(15-5-7)17-11(18)6-3-8(13)10(14)16-4-6/h1-5H,(H,15,17,18). The number of nitrogens with zero attached hydrogens (tertiary/aromatic N) is 2. The van der Waals surface area contributed by atoms with Crippen molar-refractivity contribution in [2.45, 2.75) is 0 Å². The summed E-state index contributed by atoms with van der Waals surface area (Å²) in [4.78, 5) is 19.6. The van der Waals surface area contributed by atoms with Gasteiger partial charge in [0.15, 0.2) is 0 Å². The second-order valence-electron chi connectivity index (χ2n) is 3.31. The van der Waals surface area contributed by atoms with E-state index in [1.54, 1.807) is 12.1 Å². The molecule has 0 atom stereocenters. The highest BCUT2D eigenvalue weighted by atomic mass is 35.5. The lowest BCUT2D eigenvalue weighted by molar-refractivity contribution is 0.102. The molecule has 2 aromatic rings. The largest absolute Gasteiger partial charge is 0.307 e. The first-order chi connectivity index (χ1) is 8.56. The Hall–Kier alpha value is -1.36. The van der Waals surface area contributed by atoms with Crippen LogP contribution >= 0.6 is 34.8 Å². The summed E-state index contributed by atoms with van der Waals surface area (Å²) in [6.07, 6.45) is 2.77. The number of halogens is 3. The van der Waals surface area contributed by atoms with E-state index in [1.165, 1.54) is 18.5 Å². The minimum absolute atomic E-state index is 0.151. The molecule has 0 radical (unpaired) electrons. The fourth-order valence-corrected chi connectivity index (χ4v) is 1.57. The van der Waals surface area contributed by atoms with Gasteiger partial charge in [-0.05, 0) is 18.2 Å². The molecule has 2 aromatic heterocycles. The molecule has 2 heterocycles. The molecular weight excluding hydrogens is 296 g/mol. The van der Waals surface area contributed by atoms with Gasteiger partial charge in [0.05, 0.1) is 15.6 Å². The van der Waals surface area contributed by atoms with Crippen molar-refractivity contribution in [3.63, 3.8) is 0 Å². The fraction of sp³-hybridized carbons (Fsp3) is 0. The third-order valence-corrected chi connectivity index (χ3v) is 2.94. The van der Waals surface area contributed by atoms with Crippen molar-refractivity contribution in [1.29, 1.82) is 0 Å². The summed E-state index contributed by atoms with van der Waals surface area (Å²) < 4.78 is 0. The Morgan fingerprint density at radius 2 is 1.89 bits per heavy atom. The molecule has 7 heteroatoms. The van der Waals surface area contributed by atoms with Crippen molar-refractivity contribution in [1.82, 2.24) is 9.97 Å². The molecule has 2 rings (SSSR count). The molecule has 0 saturated heterocycles. The number of amides is 1. The van der Waals surface area contributed by atoms with Gasteiger partial charge in [-0.3, -0.25) is 4.79 Å². The first-order valence-electron chi connectivity index (χ1n) is 4.80. The van der Waals surface area contributed by atoms with Crippen molar-refractivity contribution >= 4 is 46.5 Å². The van der Waals surface area contributed by atoms with Gasteiger partial charge in [0.2, 0.25) is 0 Å². The highest BCUT2D eigenvalue weighted by molar-refractivity contribution is 6.41. The summed E-state index contributed by atoms with van der Waals surface area (Å²) in [6.45, 7) is 0. The molecular formula is C11H6Cl3N3O. The number of carbonyl (C=O) groups is 1. The Bertz CT molecular complexity index is 587. The molecule has 0 aliphatic carbocycles. The van der Waals surface area contributed by atoms with Crippen LogP contribution in [0.3, 0.4) is 0 Å². The monoisotopic (exact) mass is 301 g/mol. The smallest absolute Gasteiger partial charge is 0.258 e. The van der Waals surface area contributed by atoms with Crippen molar-refractivity contribution < 1.29 is 4.79 Å². The second-order valence-corrected chi connectivity index (χ2v) is 4.51. The highest BCUT2D eigenvalue weighted by Gasteiger charge is 2.09. The van der Waals surface area contributed by atoms with Crippen LogP contribution in [-0.4, -0.2) is 15.9 Å². The summed E-state index contributed by atoms with van der Waals surface area (Å²) >= 11 is 17.1. The maximum atomic E-state index is 11.8. The SMILES string of the molecule is O=C(Nc1ccc(Cl)cn1)c1cnc(Cl)c(Cl)c1. The molecule has 0 bridgehead atoms. The number of pyridine rings is 2. The lowest BCUT2D eigenvalue weighted by Crippen LogP contribution is -2.13. The normalized spacial score (nSPS) is 10.2. The minimum Gasteiger partial charge on any atom is -0.307 e. The maximum Gasteiger partial charge on any atom is 0.258 e. The third-order valence-electron chi connectivity index (χ3n) is 2.03. The number of rotatable bonds is 2. The zero-order valence-corrected chi connectivity index (χ0v) is 11.1. The van der Waals surface area contributed by atoms with Crippen LogP contribution in [0.15, 0.2) is 30.6 Å². The Labute approximate surface area is 118 Å². The highest BCUT2D eigenvalue weighted by Crippen LogP contribution is 2.20. The third kappa shape index (κ3) is 3.10. The second kappa shape index (κ2) is 5.52. The molecule has 92 valence electrons. The lowest BCUT2D eigenvalue weighted by atomic mass is 10.2.